The van der Waals surface area contributed by atoms with Gasteiger partial charge in [-0.2, -0.15) is 17.2 Å². The van der Waals surface area contributed by atoms with E-state index >= 15 is 0 Å². The molecule has 1 heterocycles. The molecule has 0 bridgehead atoms. The van der Waals surface area contributed by atoms with Crippen LogP contribution in [0.15, 0.2) is 56.2 Å². The van der Waals surface area contributed by atoms with Crippen LogP contribution in [0.2, 0.25) is 0 Å². The van der Waals surface area contributed by atoms with Gasteiger partial charge in [-0.25, -0.2) is 0 Å². The highest BCUT2D eigenvalue weighted by atomic mass is 79.9. The quantitative estimate of drug-likeness (QED) is 0.672. The van der Waals surface area contributed by atoms with Crippen LogP contribution in [0.3, 0.4) is 0 Å². The van der Waals surface area contributed by atoms with Crippen molar-refractivity contribution in [1.29, 1.82) is 0 Å². The highest BCUT2D eigenvalue weighted by Gasteiger charge is 2.28. The number of alkyl halides is 2. The van der Waals surface area contributed by atoms with Crippen LogP contribution in [0, 0.1) is 0 Å². The summed E-state index contributed by atoms with van der Waals surface area (Å²) in [7, 11) is -4.02. The average molecular weight is 474 g/mol. The van der Waals surface area contributed by atoms with E-state index in [2.05, 4.69) is 35.7 Å². The second kappa shape index (κ2) is 8.23. The molecule has 1 aliphatic heterocycles. The zero-order valence-electron chi connectivity index (χ0n) is 14.2. The van der Waals surface area contributed by atoms with Gasteiger partial charge < -0.3 is 15.4 Å². The van der Waals surface area contributed by atoms with Crippen LogP contribution < -0.4 is 15.4 Å². The summed E-state index contributed by atoms with van der Waals surface area (Å²) in [6, 6.07) is 10.7. The van der Waals surface area contributed by atoms with Crippen LogP contribution >= 0.6 is 15.9 Å². The number of nitrogens with one attached hydrogen (secondary N) is 2. The second-order valence-electron chi connectivity index (χ2n) is 5.67. The van der Waals surface area contributed by atoms with Crippen molar-refractivity contribution in [2.45, 2.75) is 17.9 Å². The van der Waals surface area contributed by atoms with Crippen LogP contribution in [0.4, 0.5) is 14.5 Å². The molecule has 0 radical (unpaired) electrons. The van der Waals surface area contributed by atoms with Crippen molar-refractivity contribution in [3.63, 3.8) is 0 Å². The maximum Gasteiger partial charge on any atom is 0.387 e. The molecular formula is C17H14BrF2N3O4S. The van der Waals surface area contributed by atoms with Gasteiger partial charge in [-0.05, 0) is 36.2 Å². The Hall–Kier alpha value is -2.53. The van der Waals surface area contributed by atoms with Gasteiger partial charge in [0.1, 0.15) is 10.6 Å². The fourth-order valence-electron chi connectivity index (χ4n) is 2.55. The normalized spacial score (nSPS) is 14.6. The number of amidine groups is 1. The Kier molecular flexibility index (Phi) is 5.94. The predicted molar refractivity (Wildman–Crippen MR) is 102 cm³/mol. The van der Waals surface area contributed by atoms with Crippen molar-refractivity contribution < 1.29 is 26.7 Å². The first-order chi connectivity index (χ1) is 13.3. The van der Waals surface area contributed by atoms with Crippen molar-refractivity contribution in [2.75, 3.05) is 11.9 Å². The predicted octanol–water partition coefficient (Wildman–Crippen LogP) is 2.92. The maximum atomic E-state index is 12.4. The topological polar surface area (TPSA) is 96.9 Å². The van der Waals surface area contributed by atoms with Crippen LogP contribution in [0.1, 0.15) is 5.56 Å². The Bertz CT molecular complexity index is 1040. The zero-order chi connectivity index (χ0) is 20.3. The standard InChI is InChI=1S/C17H14BrF2N3O4S/c18-11-5-6-12-14(9-11)28(25,26)23-15(22-12)16(24)21-8-7-10-3-1-2-4-13(10)27-17(19)20/h1-6,9,17H,7-8H2,(H,21,24)(H,22,23). The third-order valence-electron chi connectivity index (χ3n) is 3.77. The number of fused-ring (bicyclic) bond motifs is 1. The molecule has 2 N–H and O–H groups in total. The molecule has 7 nitrogen and oxygen atoms in total. The molecule has 0 saturated carbocycles. The molecule has 11 heteroatoms. The number of carbonyl (C=O) groups is 1. The van der Waals surface area contributed by atoms with Crippen LogP contribution in [-0.4, -0.2) is 33.3 Å². The summed E-state index contributed by atoms with van der Waals surface area (Å²) in [5.41, 5.74) is 0.712. The Morgan fingerprint density at radius 3 is 2.75 bits per heavy atom. The number of carbonyl (C=O) groups excluding carboxylic acids is 1. The summed E-state index contributed by atoms with van der Waals surface area (Å²) in [5.74, 6) is -1.08. The van der Waals surface area contributed by atoms with Crippen LogP contribution in [0.5, 0.6) is 5.75 Å². The van der Waals surface area contributed by atoms with Crippen molar-refractivity contribution in [3.05, 3.63) is 52.5 Å². The summed E-state index contributed by atoms with van der Waals surface area (Å²) in [6.07, 6.45) is 0.207. The van der Waals surface area contributed by atoms with E-state index < -0.39 is 22.5 Å². The lowest BCUT2D eigenvalue weighted by atomic mass is 10.1. The van der Waals surface area contributed by atoms with Gasteiger partial charge in [-0.3, -0.25) is 4.79 Å². The zero-order valence-corrected chi connectivity index (χ0v) is 16.6. The third-order valence-corrected chi connectivity index (χ3v) is 5.58. The molecular weight excluding hydrogens is 460 g/mol. The largest absolute Gasteiger partial charge is 0.435 e. The molecule has 1 amide bonds. The molecule has 0 aliphatic carbocycles. The Balaban J connectivity index is 1.67. The van der Waals surface area contributed by atoms with Gasteiger partial charge in [-0.1, -0.05) is 34.1 Å². The fourth-order valence-corrected chi connectivity index (χ4v) is 4.20. The molecule has 0 atom stereocenters. The number of halogens is 3. The Morgan fingerprint density at radius 1 is 1.25 bits per heavy atom. The lowest BCUT2D eigenvalue weighted by molar-refractivity contribution is -0.114. The highest BCUT2D eigenvalue weighted by molar-refractivity contribution is 9.10. The van der Waals surface area contributed by atoms with E-state index in [-0.39, 0.29) is 35.1 Å². The van der Waals surface area contributed by atoms with Crippen molar-refractivity contribution >= 4 is 43.4 Å². The summed E-state index contributed by atoms with van der Waals surface area (Å²) < 4.78 is 57.9. The first kappa shape index (κ1) is 20.2. The Labute approximate surface area is 168 Å². The number of nitrogens with zero attached hydrogens (tertiary/aromatic N) is 1. The van der Waals surface area contributed by atoms with E-state index in [9.17, 15) is 22.0 Å². The molecule has 2 aromatic carbocycles. The molecule has 28 heavy (non-hydrogen) atoms. The lowest BCUT2D eigenvalue weighted by Crippen LogP contribution is -2.39. The molecule has 148 valence electrons. The minimum atomic E-state index is -4.02. The van der Waals surface area contributed by atoms with Crippen molar-refractivity contribution in [2.24, 2.45) is 4.40 Å². The number of benzene rings is 2. The smallest absolute Gasteiger partial charge is 0.387 e. The number of sulfonamides is 1. The molecule has 0 saturated heterocycles. The van der Waals surface area contributed by atoms with Crippen molar-refractivity contribution in [3.8, 4) is 5.75 Å². The van der Waals surface area contributed by atoms with E-state index in [1.807, 2.05) is 0 Å². The number of ether oxygens (including phenoxy) is 1. The fraction of sp³-hybridized carbons (Fsp3) is 0.176. The number of amides is 1. The average Bonchev–Trinajstić information content (AvgIpc) is 2.62. The monoisotopic (exact) mass is 473 g/mol. The highest BCUT2D eigenvalue weighted by Crippen LogP contribution is 2.30. The lowest BCUT2D eigenvalue weighted by Gasteiger charge is -2.18. The molecule has 0 fully saturated rings. The van der Waals surface area contributed by atoms with E-state index in [1.54, 1.807) is 24.3 Å². The van der Waals surface area contributed by atoms with E-state index in [1.165, 1.54) is 18.2 Å². The number of para-hydroxylation sites is 1. The molecule has 1 aliphatic rings. The number of anilines is 1. The summed E-state index contributed by atoms with van der Waals surface area (Å²) in [6.45, 7) is -2.89. The SMILES string of the molecule is O=C(NCCc1ccccc1OC(F)F)C1=NS(=O)(=O)c2cc(Br)ccc2N1. The van der Waals surface area contributed by atoms with Crippen molar-refractivity contribution in [1.82, 2.24) is 5.32 Å². The van der Waals surface area contributed by atoms with Gasteiger partial charge in [-0.15, -0.1) is 4.40 Å². The molecule has 2 aromatic rings. The first-order valence-corrected chi connectivity index (χ1v) is 10.2. The van der Waals surface area contributed by atoms with E-state index in [4.69, 9.17) is 0 Å². The second-order valence-corrected chi connectivity index (χ2v) is 8.16. The maximum absolute atomic E-state index is 12.4. The van der Waals surface area contributed by atoms with Gasteiger partial charge in [0.2, 0.25) is 5.84 Å². The summed E-state index contributed by atoms with van der Waals surface area (Å²) >= 11 is 3.19. The van der Waals surface area contributed by atoms with E-state index in [0.29, 0.717) is 10.0 Å². The van der Waals surface area contributed by atoms with Gasteiger partial charge in [0.25, 0.3) is 15.9 Å². The minimum Gasteiger partial charge on any atom is -0.435 e. The molecule has 0 aromatic heterocycles. The number of rotatable bonds is 6. The Morgan fingerprint density at radius 2 is 2.00 bits per heavy atom. The van der Waals surface area contributed by atoms with Gasteiger partial charge in [0, 0.05) is 11.0 Å². The van der Waals surface area contributed by atoms with Crippen LogP contribution in [0.25, 0.3) is 0 Å². The number of hydrogen-bond acceptors (Lipinski definition) is 5. The third kappa shape index (κ3) is 4.65. The molecule has 0 spiro atoms. The summed E-state index contributed by atoms with van der Waals surface area (Å²) in [4.78, 5) is 12.2. The molecule has 3 rings (SSSR count). The van der Waals surface area contributed by atoms with Gasteiger partial charge >= 0.3 is 6.61 Å². The van der Waals surface area contributed by atoms with Crippen LogP contribution in [-0.2, 0) is 21.2 Å². The van der Waals surface area contributed by atoms with E-state index in [0.717, 1.165) is 0 Å². The van der Waals surface area contributed by atoms with Gasteiger partial charge in [0.05, 0.1) is 5.69 Å². The first-order valence-electron chi connectivity index (χ1n) is 7.99. The number of hydrogen-bond donors (Lipinski definition) is 2. The van der Waals surface area contributed by atoms with Gasteiger partial charge in [0.15, 0.2) is 0 Å². The molecule has 0 unspecified atom stereocenters. The summed E-state index contributed by atoms with van der Waals surface area (Å²) in [5, 5.41) is 5.19. The minimum absolute atomic E-state index is 0.0157.